The van der Waals surface area contributed by atoms with Crippen molar-refractivity contribution in [3.63, 3.8) is 0 Å². The van der Waals surface area contributed by atoms with E-state index < -0.39 is 22.5 Å². The number of anilines is 6. The van der Waals surface area contributed by atoms with Crippen LogP contribution in [0.3, 0.4) is 0 Å². The normalized spacial score (nSPS) is 13.6. The van der Waals surface area contributed by atoms with Gasteiger partial charge in [-0.05, 0) is 146 Å². The molecule has 336 valence electrons. The van der Waals surface area contributed by atoms with Crippen molar-refractivity contribution in [1.29, 1.82) is 0 Å². The Morgan fingerprint density at radius 3 is 0.515 bits per heavy atom. The molecule has 1 aliphatic rings. The number of thiocarbonyl (C=S) groups is 6. The first-order valence-corrected chi connectivity index (χ1v) is 27.3. The topological polar surface area (TPSA) is 181 Å². The Labute approximate surface area is 415 Å². The fourth-order valence-corrected chi connectivity index (χ4v) is 19.1. The smallest absolute Gasteiger partial charge is 0.272 e. The second kappa shape index (κ2) is 23.1. The Balaban J connectivity index is 1.46. The minimum absolute atomic E-state index is 0.153. The fourth-order valence-electron chi connectivity index (χ4n) is 5.90. The lowest BCUT2D eigenvalue weighted by atomic mass is 10.3. The maximum Gasteiger partial charge on any atom is 0.272 e. The summed E-state index contributed by atoms with van der Waals surface area (Å²) in [7, 11) is -11.5. The molecule has 12 N–H and O–H groups in total. The maximum absolute atomic E-state index is 6.06. The first-order valence-electron chi connectivity index (χ1n) is 19.7. The van der Waals surface area contributed by atoms with Crippen molar-refractivity contribution in [2.75, 3.05) is 31.9 Å². The first kappa shape index (κ1) is 48.1. The minimum Gasteiger partial charge on any atom is -0.332 e. The van der Waals surface area contributed by atoms with E-state index in [0.29, 0.717) is 34.1 Å². The Bertz CT molecular complexity index is 2360. The standard InChI is InChI=1S/C42H42N15P3S6/c61-37(43-31-19-7-1-8-20-31)49-58(50-38(62)44-32-21-9-2-10-22-32)55-59(51-39(63)45-33-23-11-3-12-24-33,52-40(64)46-34-25-13-4-14-26-34)57-60(56-58,53-41(65)47-35-27-15-5-16-28-35)54-42(66)48-36-29-17-6-18-30-36/h1-30H,(H2,43,49,61)(H2,44,50,62)(H2,45,51,63)(H2,46,52,64)(H2,47,53,65)(H2,48,54,66). The summed E-state index contributed by atoms with van der Waals surface area (Å²) in [6, 6.07) is 56.6. The molecule has 1 heterocycles. The predicted molar refractivity (Wildman–Crippen MR) is 303 cm³/mol. The molecule has 0 aromatic heterocycles. The van der Waals surface area contributed by atoms with Crippen molar-refractivity contribution in [3.05, 3.63) is 182 Å². The van der Waals surface area contributed by atoms with E-state index in [-0.39, 0.29) is 30.7 Å². The van der Waals surface area contributed by atoms with E-state index in [1.54, 1.807) is 0 Å². The van der Waals surface area contributed by atoms with E-state index in [1.165, 1.54) is 0 Å². The number of nitrogens with zero attached hydrogens (tertiary/aromatic N) is 3. The Morgan fingerprint density at radius 1 is 0.242 bits per heavy atom. The molecule has 66 heavy (non-hydrogen) atoms. The van der Waals surface area contributed by atoms with Gasteiger partial charge < -0.3 is 31.9 Å². The highest BCUT2D eigenvalue weighted by atomic mass is 32.1. The Kier molecular flexibility index (Phi) is 16.8. The Morgan fingerprint density at radius 2 is 0.379 bits per heavy atom. The van der Waals surface area contributed by atoms with Crippen molar-refractivity contribution in [1.82, 2.24) is 30.5 Å². The van der Waals surface area contributed by atoms with Crippen LogP contribution in [0.5, 0.6) is 0 Å². The third-order valence-electron chi connectivity index (χ3n) is 8.51. The van der Waals surface area contributed by atoms with Gasteiger partial charge in [0.2, 0.25) is 0 Å². The van der Waals surface area contributed by atoms with Crippen LogP contribution < -0.4 is 62.4 Å². The van der Waals surface area contributed by atoms with Crippen LogP contribution in [0.25, 0.3) is 0 Å². The van der Waals surface area contributed by atoms with Crippen LogP contribution in [0.4, 0.5) is 34.1 Å². The van der Waals surface area contributed by atoms with Gasteiger partial charge >= 0.3 is 0 Å². The van der Waals surface area contributed by atoms with E-state index >= 15 is 0 Å². The average molecular weight is 1040 g/mol. The Hall–Kier alpha value is -5.85. The first-order chi connectivity index (χ1) is 32.0. The van der Waals surface area contributed by atoms with Gasteiger partial charge in [-0.25, -0.2) is 0 Å². The SMILES string of the molecule is S=C(Nc1ccccc1)NP1(NC(=S)Nc2ccccc2)=NP(NC(=S)Nc2ccccc2)(NC(=S)Nc2ccccc2)=NP(NC(=S)Nc2ccccc2)(NC(=S)Nc2ccccc2)=N1. The third kappa shape index (κ3) is 14.6. The lowest BCUT2D eigenvalue weighted by Gasteiger charge is -2.38. The van der Waals surface area contributed by atoms with Crippen LogP contribution in [0.1, 0.15) is 0 Å². The van der Waals surface area contributed by atoms with Gasteiger partial charge in [-0.2, -0.15) is 13.5 Å². The molecule has 0 atom stereocenters. The monoisotopic (exact) mass is 1040 g/mol. The molecule has 7 rings (SSSR count). The molecule has 0 bridgehead atoms. The van der Waals surface area contributed by atoms with Crippen LogP contribution in [0, 0.1) is 0 Å². The number of hydrogen-bond acceptors (Lipinski definition) is 9. The highest BCUT2D eigenvalue weighted by Gasteiger charge is 2.41. The van der Waals surface area contributed by atoms with E-state index in [2.05, 4.69) is 62.4 Å². The zero-order valence-corrected chi connectivity index (χ0v) is 42.0. The number of hydrogen-bond donors (Lipinski definition) is 12. The van der Waals surface area contributed by atoms with E-state index in [9.17, 15) is 0 Å². The van der Waals surface area contributed by atoms with Gasteiger partial charge in [-0.1, -0.05) is 109 Å². The molecule has 15 nitrogen and oxygen atoms in total. The molecule has 0 unspecified atom stereocenters. The third-order valence-corrected chi connectivity index (χ3v) is 20.1. The van der Waals surface area contributed by atoms with Gasteiger partial charge in [0.15, 0.2) is 30.7 Å². The number of nitrogens with one attached hydrogen (secondary N) is 12. The predicted octanol–water partition coefficient (Wildman–Crippen LogP) is 11.8. The average Bonchev–Trinajstić information content (AvgIpc) is 3.27. The summed E-state index contributed by atoms with van der Waals surface area (Å²) in [4.78, 5) is 0. The molecule has 1 aliphatic heterocycles. The molecule has 0 fully saturated rings. The van der Waals surface area contributed by atoms with Crippen LogP contribution in [-0.2, 0) is 0 Å². The minimum atomic E-state index is -3.83. The van der Waals surface area contributed by atoms with Crippen LogP contribution in [-0.4, -0.2) is 30.7 Å². The van der Waals surface area contributed by atoms with Gasteiger partial charge in [-0.3, -0.25) is 30.5 Å². The van der Waals surface area contributed by atoms with Crippen LogP contribution >= 0.6 is 95.8 Å². The van der Waals surface area contributed by atoms with Crippen LogP contribution in [0.15, 0.2) is 196 Å². The lowest BCUT2D eigenvalue weighted by Crippen LogP contribution is -2.41. The summed E-state index contributed by atoms with van der Waals surface area (Å²) in [5.41, 5.74) is 4.24. The molecular formula is C42H42N15P3S6. The van der Waals surface area contributed by atoms with Gasteiger partial charge in [0, 0.05) is 34.1 Å². The maximum atomic E-state index is 6.06. The van der Waals surface area contributed by atoms with E-state index in [1.807, 2.05) is 182 Å². The zero-order chi connectivity index (χ0) is 46.2. The highest BCUT2D eigenvalue weighted by Crippen LogP contribution is 2.71. The summed E-state index contributed by atoms with van der Waals surface area (Å²) >= 11 is 36.4. The molecule has 6 aromatic rings. The molecule has 0 saturated heterocycles. The van der Waals surface area contributed by atoms with Gasteiger partial charge in [0.25, 0.3) is 22.5 Å². The number of para-hydroxylation sites is 6. The van der Waals surface area contributed by atoms with Crippen molar-refractivity contribution < 1.29 is 0 Å². The summed E-state index contributed by atoms with van der Waals surface area (Å²) in [5.74, 6) is 0. The largest absolute Gasteiger partial charge is 0.332 e. The van der Waals surface area contributed by atoms with Crippen molar-refractivity contribution in [3.8, 4) is 0 Å². The zero-order valence-electron chi connectivity index (χ0n) is 34.5. The van der Waals surface area contributed by atoms with Crippen LogP contribution in [0.2, 0.25) is 0 Å². The molecule has 0 radical (unpaired) electrons. The van der Waals surface area contributed by atoms with Gasteiger partial charge in [0.1, 0.15) is 0 Å². The number of rotatable bonds is 12. The van der Waals surface area contributed by atoms with Crippen molar-refractivity contribution in [2.45, 2.75) is 0 Å². The summed E-state index contributed by atoms with van der Waals surface area (Å²) in [6.45, 7) is 0. The van der Waals surface area contributed by atoms with Crippen molar-refractivity contribution in [2.24, 2.45) is 13.5 Å². The molecule has 0 amide bonds. The molecule has 0 saturated carbocycles. The summed E-state index contributed by atoms with van der Waals surface area (Å²) in [6.07, 6.45) is 0. The van der Waals surface area contributed by atoms with Crippen molar-refractivity contribution >= 4 is 161 Å². The second-order valence-electron chi connectivity index (χ2n) is 13.7. The van der Waals surface area contributed by atoms with E-state index in [4.69, 9.17) is 86.9 Å². The molecular weight excluding hydrogens is 1000 g/mol. The molecule has 24 heteroatoms. The second-order valence-corrected chi connectivity index (χ2v) is 23.2. The molecule has 0 spiro atoms. The summed E-state index contributed by atoms with van der Waals surface area (Å²) < 4.78 is 16.5. The highest BCUT2D eigenvalue weighted by molar-refractivity contribution is 7.90. The molecule has 6 aromatic carbocycles. The summed E-state index contributed by atoms with van der Waals surface area (Å²) in [5, 5.41) is 41.2. The van der Waals surface area contributed by atoms with E-state index in [0.717, 1.165) is 0 Å². The molecule has 0 aliphatic carbocycles. The number of benzene rings is 6. The van der Waals surface area contributed by atoms with Gasteiger partial charge in [-0.15, -0.1) is 0 Å². The quantitative estimate of drug-likeness (QED) is 0.0411. The fraction of sp³-hybridized carbons (Fsp3) is 0. The lowest BCUT2D eigenvalue weighted by molar-refractivity contribution is 1.23. The van der Waals surface area contributed by atoms with Gasteiger partial charge in [0.05, 0.1) is 0 Å².